The standard InChI is InChI=1S/C19H32N2/c1-5-15-6-8-16(9-7-15)18(20)14-21(4)17-10-12-19(2,3)13-11-17/h6-9,17-18H,5,10-14,20H2,1-4H3. The molecule has 0 radical (unpaired) electrons. The number of nitrogens with zero attached hydrogens (tertiary/aromatic N) is 1. The van der Waals surface area contributed by atoms with Crippen molar-refractivity contribution in [2.24, 2.45) is 11.1 Å². The zero-order chi connectivity index (χ0) is 15.5. The topological polar surface area (TPSA) is 29.3 Å². The molecule has 21 heavy (non-hydrogen) atoms. The molecular weight excluding hydrogens is 256 g/mol. The Kier molecular flexibility index (Phi) is 5.45. The summed E-state index contributed by atoms with van der Waals surface area (Å²) in [5.74, 6) is 0. The third kappa shape index (κ3) is 4.55. The third-order valence-electron chi connectivity index (χ3n) is 5.23. The van der Waals surface area contributed by atoms with Gasteiger partial charge >= 0.3 is 0 Å². The van der Waals surface area contributed by atoms with Crippen molar-refractivity contribution in [3.05, 3.63) is 35.4 Å². The summed E-state index contributed by atoms with van der Waals surface area (Å²) in [5.41, 5.74) is 9.59. The molecule has 0 bridgehead atoms. The van der Waals surface area contributed by atoms with Crippen LogP contribution in [0.2, 0.25) is 0 Å². The van der Waals surface area contributed by atoms with E-state index in [2.05, 4.69) is 57.0 Å². The Morgan fingerprint density at radius 3 is 2.29 bits per heavy atom. The van der Waals surface area contributed by atoms with Crippen molar-refractivity contribution < 1.29 is 0 Å². The van der Waals surface area contributed by atoms with Crippen LogP contribution in [0.25, 0.3) is 0 Å². The minimum atomic E-state index is 0.121. The van der Waals surface area contributed by atoms with Gasteiger partial charge in [-0.2, -0.15) is 0 Å². The van der Waals surface area contributed by atoms with Crippen LogP contribution in [0.5, 0.6) is 0 Å². The molecule has 0 aromatic heterocycles. The Balaban J connectivity index is 1.88. The van der Waals surface area contributed by atoms with Crippen molar-refractivity contribution in [2.75, 3.05) is 13.6 Å². The number of hydrogen-bond donors (Lipinski definition) is 1. The third-order valence-corrected chi connectivity index (χ3v) is 5.23. The van der Waals surface area contributed by atoms with Gasteiger partial charge < -0.3 is 10.6 Å². The second-order valence-electron chi connectivity index (χ2n) is 7.54. The molecular formula is C19H32N2. The summed E-state index contributed by atoms with van der Waals surface area (Å²) in [6.45, 7) is 7.93. The fraction of sp³-hybridized carbons (Fsp3) is 0.684. The molecule has 1 atom stereocenters. The molecule has 2 N–H and O–H groups in total. The van der Waals surface area contributed by atoms with Crippen LogP contribution < -0.4 is 5.73 Å². The lowest BCUT2D eigenvalue weighted by atomic mass is 9.75. The average molecular weight is 288 g/mol. The first kappa shape index (κ1) is 16.5. The average Bonchev–Trinajstić information content (AvgIpc) is 2.47. The van der Waals surface area contributed by atoms with Gasteiger partial charge in [-0.1, -0.05) is 45.0 Å². The van der Waals surface area contributed by atoms with E-state index < -0.39 is 0 Å². The highest BCUT2D eigenvalue weighted by Crippen LogP contribution is 2.36. The first-order valence-corrected chi connectivity index (χ1v) is 8.46. The van der Waals surface area contributed by atoms with Crippen LogP contribution in [0.3, 0.4) is 0 Å². The van der Waals surface area contributed by atoms with Crippen molar-refractivity contribution in [1.82, 2.24) is 4.90 Å². The van der Waals surface area contributed by atoms with Crippen LogP contribution in [0.15, 0.2) is 24.3 Å². The Labute approximate surface area is 130 Å². The van der Waals surface area contributed by atoms with E-state index in [1.54, 1.807) is 0 Å². The highest BCUT2D eigenvalue weighted by atomic mass is 15.1. The Morgan fingerprint density at radius 1 is 1.19 bits per heavy atom. The molecule has 1 fully saturated rings. The molecule has 1 aromatic rings. The molecule has 2 heteroatoms. The van der Waals surface area contributed by atoms with Crippen molar-refractivity contribution in [3.63, 3.8) is 0 Å². The van der Waals surface area contributed by atoms with Gasteiger partial charge in [0.05, 0.1) is 0 Å². The fourth-order valence-electron chi connectivity index (χ4n) is 3.39. The van der Waals surface area contributed by atoms with Crippen LogP contribution in [0.1, 0.15) is 63.6 Å². The minimum Gasteiger partial charge on any atom is -0.323 e. The van der Waals surface area contributed by atoms with Gasteiger partial charge in [0, 0.05) is 18.6 Å². The van der Waals surface area contributed by atoms with Gasteiger partial charge in [-0.3, -0.25) is 0 Å². The van der Waals surface area contributed by atoms with Gasteiger partial charge in [0.25, 0.3) is 0 Å². The first-order valence-electron chi connectivity index (χ1n) is 8.46. The summed E-state index contributed by atoms with van der Waals surface area (Å²) in [4.78, 5) is 2.48. The molecule has 1 saturated carbocycles. The monoisotopic (exact) mass is 288 g/mol. The largest absolute Gasteiger partial charge is 0.323 e. The van der Waals surface area contributed by atoms with E-state index in [9.17, 15) is 0 Å². The summed E-state index contributed by atoms with van der Waals surface area (Å²) in [5, 5.41) is 0. The summed E-state index contributed by atoms with van der Waals surface area (Å²) in [7, 11) is 2.24. The van der Waals surface area contributed by atoms with E-state index in [0.717, 1.165) is 13.0 Å². The van der Waals surface area contributed by atoms with Crippen molar-refractivity contribution >= 4 is 0 Å². The number of hydrogen-bond acceptors (Lipinski definition) is 2. The second-order valence-corrected chi connectivity index (χ2v) is 7.54. The quantitative estimate of drug-likeness (QED) is 0.882. The fourth-order valence-corrected chi connectivity index (χ4v) is 3.39. The Morgan fingerprint density at radius 2 is 1.76 bits per heavy atom. The normalized spacial score (nSPS) is 20.7. The molecule has 2 rings (SSSR count). The molecule has 0 amide bonds. The van der Waals surface area contributed by atoms with E-state index in [1.807, 2.05) is 0 Å². The van der Waals surface area contributed by atoms with E-state index >= 15 is 0 Å². The Hall–Kier alpha value is -0.860. The zero-order valence-corrected chi connectivity index (χ0v) is 14.2. The van der Waals surface area contributed by atoms with Gasteiger partial charge in [-0.15, -0.1) is 0 Å². The van der Waals surface area contributed by atoms with Gasteiger partial charge in [0.2, 0.25) is 0 Å². The van der Waals surface area contributed by atoms with E-state index in [1.165, 1.54) is 36.8 Å². The number of aryl methyl sites for hydroxylation is 1. The number of rotatable bonds is 5. The SMILES string of the molecule is CCc1ccc(C(N)CN(C)C2CCC(C)(C)CC2)cc1. The first-order chi connectivity index (χ1) is 9.91. The highest BCUT2D eigenvalue weighted by Gasteiger charge is 2.29. The van der Waals surface area contributed by atoms with E-state index in [0.29, 0.717) is 11.5 Å². The molecule has 0 spiro atoms. The molecule has 2 nitrogen and oxygen atoms in total. The molecule has 0 aliphatic heterocycles. The van der Waals surface area contributed by atoms with Gasteiger partial charge in [0.1, 0.15) is 0 Å². The van der Waals surface area contributed by atoms with Crippen LogP contribution in [-0.2, 0) is 6.42 Å². The molecule has 118 valence electrons. The molecule has 1 unspecified atom stereocenters. The van der Waals surface area contributed by atoms with Gasteiger partial charge in [0.15, 0.2) is 0 Å². The molecule has 1 aliphatic carbocycles. The van der Waals surface area contributed by atoms with Crippen molar-refractivity contribution in [3.8, 4) is 0 Å². The molecule has 1 aliphatic rings. The summed E-state index contributed by atoms with van der Waals surface area (Å²) in [6, 6.07) is 9.63. The molecule has 1 aromatic carbocycles. The maximum atomic E-state index is 6.41. The predicted octanol–water partition coefficient (Wildman–Crippen LogP) is 4.15. The lowest BCUT2D eigenvalue weighted by molar-refractivity contribution is 0.123. The number of likely N-dealkylation sites (N-methyl/N-ethyl adjacent to an activating group) is 1. The van der Waals surface area contributed by atoms with E-state index in [-0.39, 0.29) is 6.04 Å². The summed E-state index contributed by atoms with van der Waals surface area (Å²) < 4.78 is 0. The van der Waals surface area contributed by atoms with E-state index in [4.69, 9.17) is 5.73 Å². The molecule has 0 heterocycles. The second kappa shape index (κ2) is 6.93. The number of benzene rings is 1. The lowest BCUT2D eigenvalue weighted by Crippen LogP contribution is -2.40. The van der Waals surface area contributed by atoms with Crippen molar-refractivity contribution in [1.29, 1.82) is 0 Å². The lowest BCUT2D eigenvalue weighted by Gasteiger charge is -2.39. The highest BCUT2D eigenvalue weighted by molar-refractivity contribution is 5.25. The van der Waals surface area contributed by atoms with Crippen LogP contribution in [0, 0.1) is 5.41 Å². The minimum absolute atomic E-state index is 0.121. The predicted molar refractivity (Wildman–Crippen MR) is 91.4 cm³/mol. The summed E-state index contributed by atoms with van der Waals surface area (Å²) in [6.07, 6.45) is 6.38. The van der Waals surface area contributed by atoms with Gasteiger partial charge in [-0.25, -0.2) is 0 Å². The molecule has 0 saturated heterocycles. The van der Waals surface area contributed by atoms with Crippen molar-refractivity contribution in [2.45, 2.75) is 65.0 Å². The van der Waals surface area contributed by atoms with Gasteiger partial charge in [-0.05, 0) is 55.7 Å². The smallest absolute Gasteiger partial charge is 0.0424 e. The van der Waals surface area contributed by atoms with Crippen LogP contribution in [0.4, 0.5) is 0 Å². The van der Waals surface area contributed by atoms with Crippen LogP contribution >= 0.6 is 0 Å². The zero-order valence-electron chi connectivity index (χ0n) is 14.2. The maximum absolute atomic E-state index is 6.41. The number of nitrogens with two attached hydrogens (primary N) is 1. The van der Waals surface area contributed by atoms with Crippen LogP contribution in [-0.4, -0.2) is 24.5 Å². The Bertz CT molecular complexity index is 425. The summed E-state index contributed by atoms with van der Waals surface area (Å²) >= 11 is 0. The maximum Gasteiger partial charge on any atom is 0.0424 e.